The highest BCUT2D eigenvalue weighted by Crippen LogP contribution is 1.71. The molecule has 2 amide bonds. The SMILES string of the molecule is NC(=O)C(=O)OCNC=O. The molecule has 0 saturated carbocycles. The van der Waals surface area contributed by atoms with Gasteiger partial charge in [0.05, 0.1) is 0 Å². The van der Waals surface area contributed by atoms with Crippen LogP contribution in [0.5, 0.6) is 0 Å². The van der Waals surface area contributed by atoms with Crippen molar-refractivity contribution in [2.75, 3.05) is 6.73 Å². The number of ether oxygens (including phenoxy) is 1. The summed E-state index contributed by atoms with van der Waals surface area (Å²) < 4.78 is 4.09. The lowest BCUT2D eigenvalue weighted by atomic mass is 10.7. The van der Waals surface area contributed by atoms with Crippen molar-refractivity contribution >= 4 is 18.3 Å². The number of primary amides is 1. The first kappa shape index (κ1) is 8.41. The summed E-state index contributed by atoms with van der Waals surface area (Å²) in [4.78, 5) is 29.6. The predicted molar refractivity (Wildman–Crippen MR) is 29.4 cm³/mol. The topological polar surface area (TPSA) is 98.5 Å². The highest BCUT2D eigenvalue weighted by Gasteiger charge is 2.08. The Hall–Kier alpha value is -1.59. The van der Waals surface area contributed by atoms with Crippen molar-refractivity contribution in [2.45, 2.75) is 0 Å². The molecular formula is C4H6N2O4. The molecule has 0 unspecified atom stereocenters. The fourth-order valence-electron chi connectivity index (χ4n) is 0.212. The molecule has 6 heteroatoms. The van der Waals surface area contributed by atoms with Crippen LogP contribution >= 0.6 is 0 Å². The van der Waals surface area contributed by atoms with Crippen molar-refractivity contribution in [1.29, 1.82) is 0 Å². The minimum atomic E-state index is -1.19. The monoisotopic (exact) mass is 146 g/mol. The number of nitrogens with one attached hydrogen (secondary N) is 1. The molecule has 3 N–H and O–H groups in total. The normalized spacial score (nSPS) is 8.00. The van der Waals surface area contributed by atoms with Gasteiger partial charge in [-0.1, -0.05) is 0 Å². The first-order valence-electron chi connectivity index (χ1n) is 2.32. The molecule has 6 nitrogen and oxygen atoms in total. The van der Waals surface area contributed by atoms with Crippen LogP contribution in [0.2, 0.25) is 0 Å². The molecule has 0 aliphatic heterocycles. The number of hydrogen-bond donors (Lipinski definition) is 2. The maximum atomic E-state index is 10.2. The molecule has 0 spiro atoms. The summed E-state index contributed by atoms with van der Waals surface area (Å²) in [7, 11) is 0. The summed E-state index contributed by atoms with van der Waals surface area (Å²) in [6.07, 6.45) is 0.328. The fraction of sp³-hybridized carbons (Fsp3) is 0.250. The van der Waals surface area contributed by atoms with Gasteiger partial charge in [0.2, 0.25) is 6.41 Å². The molecular weight excluding hydrogens is 140 g/mol. The van der Waals surface area contributed by atoms with Crippen molar-refractivity contribution in [3.8, 4) is 0 Å². The van der Waals surface area contributed by atoms with Gasteiger partial charge in [-0.3, -0.25) is 9.59 Å². The molecule has 0 aromatic carbocycles. The van der Waals surface area contributed by atoms with Crippen LogP contribution in [0.25, 0.3) is 0 Å². The molecule has 0 saturated heterocycles. The Morgan fingerprint density at radius 3 is 2.60 bits per heavy atom. The third-order valence-electron chi connectivity index (χ3n) is 0.571. The minimum Gasteiger partial charge on any atom is -0.437 e. The van der Waals surface area contributed by atoms with E-state index in [1.165, 1.54) is 0 Å². The minimum absolute atomic E-state index is 0.328. The highest BCUT2D eigenvalue weighted by molar-refractivity contribution is 6.31. The standard InChI is InChI=1S/C4H6N2O4/c5-3(8)4(9)10-2-6-1-7/h1H,2H2,(H2,5,8)(H,6,7). The van der Waals surface area contributed by atoms with Crippen molar-refractivity contribution in [3.63, 3.8) is 0 Å². The van der Waals surface area contributed by atoms with Gasteiger partial charge in [-0.15, -0.1) is 0 Å². The summed E-state index contributed by atoms with van der Waals surface area (Å²) in [5.74, 6) is -2.36. The third-order valence-corrected chi connectivity index (χ3v) is 0.571. The Balaban J connectivity index is 3.40. The van der Waals surface area contributed by atoms with Crippen molar-refractivity contribution in [2.24, 2.45) is 5.73 Å². The van der Waals surface area contributed by atoms with Gasteiger partial charge in [0.1, 0.15) is 0 Å². The predicted octanol–water partition coefficient (Wildman–Crippen LogP) is -2.28. The van der Waals surface area contributed by atoms with Crippen LogP contribution in [-0.4, -0.2) is 25.0 Å². The van der Waals surface area contributed by atoms with E-state index in [9.17, 15) is 14.4 Å². The van der Waals surface area contributed by atoms with E-state index in [1.54, 1.807) is 0 Å². The van der Waals surface area contributed by atoms with Crippen molar-refractivity contribution in [1.82, 2.24) is 5.32 Å². The fourth-order valence-corrected chi connectivity index (χ4v) is 0.212. The summed E-state index contributed by atoms with van der Waals surface area (Å²) in [5.41, 5.74) is 4.49. The average Bonchev–Trinajstić information content (AvgIpc) is 1.88. The molecule has 0 aromatic heterocycles. The van der Waals surface area contributed by atoms with Crippen LogP contribution in [0.4, 0.5) is 0 Å². The molecule has 0 aliphatic carbocycles. The summed E-state index contributed by atoms with van der Waals surface area (Å²) >= 11 is 0. The number of hydrogen-bond acceptors (Lipinski definition) is 4. The molecule has 56 valence electrons. The Morgan fingerprint density at radius 1 is 1.60 bits per heavy atom. The molecule has 0 rings (SSSR count). The smallest absolute Gasteiger partial charge is 0.398 e. The Kier molecular flexibility index (Phi) is 3.62. The molecule has 0 heterocycles. The number of nitrogens with two attached hydrogens (primary N) is 1. The first-order valence-corrected chi connectivity index (χ1v) is 2.32. The lowest BCUT2D eigenvalue weighted by molar-refractivity contribution is -0.154. The van der Waals surface area contributed by atoms with E-state index in [1.807, 2.05) is 5.32 Å². The van der Waals surface area contributed by atoms with Gasteiger partial charge >= 0.3 is 11.9 Å². The number of amides is 2. The zero-order valence-electron chi connectivity index (χ0n) is 4.99. The maximum absolute atomic E-state index is 10.2. The van der Waals surface area contributed by atoms with E-state index in [-0.39, 0.29) is 6.73 Å². The first-order chi connectivity index (χ1) is 4.68. The van der Waals surface area contributed by atoms with E-state index in [0.717, 1.165) is 0 Å². The van der Waals surface area contributed by atoms with Crippen LogP contribution in [0.15, 0.2) is 0 Å². The Bertz CT molecular complexity index is 155. The zero-order valence-corrected chi connectivity index (χ0v) is 4.99. The lowest BCUT2D eigenvalue weighted by Gasteiger charge is -1.97. The van der Waals surface area contributed by atoms with E-state index in [2.05, 4.69) is 10.5 Å². The van der Waals surface area contributed by atoms with Crippen LogP contribution < -0.4 is 11.1 Å². The highest BCUT2D eigenvalue weighted by atomic mass is 16.5. The van der Waals surface area contributed by atoms with Gasteiger partial charge in [0.25, 0.3) is 0 Å². The van der Waals surface area contributed by atoms with Gasteiger partial charge in [-0.05, 0) is 0 Å². The van der Waals surface area contributed by atoms with E-state index >= 15 is 0 Å². The Labute approximate surface area is 56.3 Å². The molecule has 0 atom stereocenters. The molecule has 0 radical (unpaired) electrons. The van der Waals surface area contributed by atoms with Crippen LogP contribution in [0, 0.1) is 0 Å². The number of rotatable bonds is 3. The number of carbonyl (C=O) groups excluding carboxylic acids is 3. The summed E-state index contributed by atoms with van der Waals surface area (Å²) in [6, 6.07) is 0. The van der Waals surface area contributed by atoms with E-state index in [0.29, 0.717) is 6.41 Å². The molecule has 0 aliphatic rings. The maximum Gasteiger partial charge on any atom is 0.398 e. The van der Waals surface area contributed by atoms with Crippen LogP contribution in [0.3, 0.4) is 0 Å². The van der Waals surface area contributed by atoms with Crippen LogP contribution in [-0.2, 0) is 19.1 Å². The van der Waals surface area contributed by atoms with E-state index in [4.69, 9.17) is 0 Å². The molecule has 0 aromatic rings. The molecule has 0 bridgehead atoms. The van der Waals surface area contributed by atoms with Gasteiger partial charge < -0.3 is 15.8 Å². The van der Waals surface area contributed by atoms with Gasteiger partial charge in [0.15, 0.2) is 6.73 Å². The average molecular weight is 146 g/mol. The number of carbonyl (C=O) groups is 3. The largest absolute Gasteiger partial charge is 0.437 e. The Morgan fingerprint density at radius 2 is 2.20 bits per heavy atom. The summed E-state index contributed by atoms with van der Waals surface area (Å²) in [5, 5.41) is 2.00. The third kappa shape index (κ3) is 3.42. The van der Waals surface area contributed by atoms with Gasteiger partial charge in [-0.25, -0.2) is 4.79 Å². The van der Waals surface area contributed by atoms with Crippen LogP contribution in [0.1, 0.15) is 0 Å². The second-order valence-corrected chi connectivity index (χ2v) is 1.26. The number of esters is 1. The van der Waals surface area contributed by atoms with Crippen molar-refractivity contribution < 1.29 is 19.1 Å². The van der Waals surface area contributed by atoms with E-state index < -0.39 is 11.9 Å². The quantitative estimate of drug-likeness (QED) is 0.154. The lowest BCUT2D eigenvalue weighted by Crippen LogP contribution is -2.29. The molecule has 10 heavy (non-hydrogen) atoms. The second kappa shape index (κ2) is 4.30. The van der Waals surface area contributed by atoms with Gasteiger partial charge in [-0.2, -0.15) is 0 Å². The molecule has 0 fully saturated rings. The zero-order chi connectivity index (χ0) is 7.98. The second-order valence-electron chi connectivity index (χ2n) is 1.26. The summed E-state index contributed by atoms with van der Waals surface area (Å²) in [6.45, 7) is -0.342. The van der Waals surface area contributed by atoms with Gasteiger partial charge in [0, 0.05) is 0 Å². The van der Waals surface area contributed by atoms with Crippen molar-refractivity contribution in [3.05, 3.63) is 0 Å².